The van der Waals surface area contributed by atoms with Crippen LogP contribution < -0.4 is 0 Å². The monoisotopic (exact) mass is 278 g/mol. The molecule has 0 aliphatic heterocycles. The van der Waals surface area contributed by atoms with Gasteiger partial charge in [0.25, 0.3) is 0 Å². The van der Waals surface area contributed by atoms with Gasteiger partial charge in [-0.2, -0.15) is 0 Å². The molecule has 2 rings (SSSR count). The number of carbonyl (C=O) groups is 2. The summed E-state index contributed by atoms with van der Waals surface area (Å²) in [5.41, 5.74) is 1.11. The van der Waals surface area contributed by atoms with Crippen molar-refractivity contribution in [1.82, 2.24) is 9.47 Å². The van der Waals surface area contributed by atoms with Crippen molar-refractivity contribution in [3.8, 4) is 0 Å². The number of nitrogens with zero attached hydrogens (tertiary/aromatic N) is 2. The summed E-state index contributed by atoms with van der Waals surface area (Å²) in [4.78, 5) is 25.5. The third kappa shape index (κ3) is 2.03. The van der Waals surface area contributed by atoms with Gasteiger partial charge in [0.1, 0.15) is 5.82 Å². The molecule has 0 fully saturated rings. The lowest BCUT2D eigenvalue weighted by Crippen LogP contribution is -2.28. The van der Waals surface area contributed by atoms with Crippen molar-refractivity contribution in [2.75, 3.05) is 21.2 Å². The first kappa shape index (κ1) is 14.0. The number of benzene rings is 1. The van der Waals surface area contributed by atoms with Crippen LogP contribution in [0, 0.1) is 12.7 Å². The molecule has 0 bridgehead atoms. The summed E-state index contributed by atoms with van der Waals surface area (Å²) in [6.07, 6.45) is 0. The van der Waals surface area contributed by atoms with E-state index < -0.39 is 11.8 Å². The molecule has 0 unspecified atom stereocenters. The minimum atomic E-state index is -0.594. The van der Waals surface area contributed by atoms with Gasteiger partial charge >= 0.3 is 12.0 Å². The van der Waals surface area contributed by atoms with Crippen LogP contribution in [0.5, 0.6) is 0 Å². The molecule has 0 radical (unpaired) electrons. The number of carbonyl (C=O) groups excluding carboxylic acids is 2. The predicted octanol–water partition coefficient (Wildman–Crippen LogP) is 2.41. The Morgan fingerprint density at radius 2 is 1.95 bits per heavy atom. The molecule has 0 atom stereocenters. The van der Waals surface area contributed by atoms with Gasteiger partial charge in [0.15, 0.2) is 0 Å². The second-order valence-electron chi connectivity index (χ2n) is 4.63. The maximum atomic E-state index is 13.4. The molecule has 0 aliphatic carbocycles. The van der Waals surface area contributed by atoms with E-state index in [0.29, 0.717) is 16.6 Å². The van der Waals surface area contributed by atoms with Crippen LogP contribution in [0.25, 0.3) is 10.9 Å². The predicted molar refractivity (Wildman–Crippen MR) is 72.5 cm³/mol. The van der Waals surface area contributed by atoms with Crippen molar-refractivity contribution in [2.45, 2.75) is 6.92 Å². The zero-order valence-electron chi connectivity index (χ0n) is 11.7. The first-order chi connectivity index (χ1) is 9.38. The van der Waals surface area contributed by atoms with E-state index >= 15 is 0 Å². The quantitative estimate of drug-likeness (QED) is 0.753. The molecule has 0 spiro atoms. The summed E-state index contributed by atoms with van der Waals surface area (Å²) in [6, 6.07) is 3.65. The Bertz CT molecular complexity index is 704. The third-order valence-electron chi connectivity index (χ3n) is 3.13. The highest BCUT2D eigenvalue weighted by atomic mass is 19.1. The normalized spacial score (nSPS) is 10.7. The lowest BCUT2D eigenvalue weighted by molar-refractivity contribution is 0.0602. The van der Waals surface area contributed by atoms with Gasteiger partial charge < -0.3 is 9.64 Å². The van der Waals surface area contributed by atoms with Crippen molar-refractivity contribution in [2.24, 2.45) is 0 Å². The minimum absolute atomic E-state index is 0.206. The molecule has 5 nitrogen and oxygen atoms in total. The smallest absolute Gasteiger partial charge is 0.340 e. The Morgan fingerprint density at radius 3 is 2.50 bits per heavy atom. The van der Waals surface area contributed by atoms with Gasteiger partial charge in [-0.25, -0.2) is 14.0 Å². The summed E-state index contributed by atoms with van der Waals surface area (Å²) in [6.45, 7) is 1.63. The molecular formula is C14H15FN2O3. The van der Waals surface area contributed by atoms with E-state index in [1.165, 1.54) is 34.8 Å². The number of aromatic nitrogens is 1. The van der Waals surface area contributed by atoms with Gasteiger partial charge in [-0.05, 0) is 25.1 Å². The fraction of sp³-hybridized carbons (Fsp3) is 0.286. The van der Waals surface area contributed by atoms with Crippen LogP contribution in [-0.2, 0) is 4.74 Å². The highest BCUT2D eigenvalue weighted by molar-refractivity contribution is 6.08. The van der Waals surface area contributed by atoms with Crippen molar-refractivity contribution in [3.63, 3.8) is 0 Å². The summed E-state index contributed by atoms with van der Waals surface area (Å²) >= 11 is 0. The molecule has 1 aromatic carbocycles. The molecule has 6 heteroatoms. The van der Waals surface area contributed by atoms with Crippen LogP contribution in [0.15, 0.2) is 18.2 Å². The molecule has 0 saturated heterocycles. The lowest BCUT2D eigenvalue weighted by atomic mass is 10.1. The van der Waals surface area contributed by atoms with Crippen LogP contribution in [0.3, 0.4) is 0 Å². The number of methoxy groups -OCH3 is 1. The SMILES string of the molecule is COC(=O)c1c(C)n(C(=O)N(C)C)c2ccc(F)cc12. The number of halogens is 1. The number of hydrogen-bond acceptors (Lipinski definition) is 3. The average molecular weight is 278 g/mol. The van der Waals surface area contributed by atoms with Crippen molar-refractivity contribution in [1.29, 1.82) is 0 Å². The van der Waals surface area contributed by atoms with Gasteiger partial charge in [0, 0.05) is 25.2 Å². The molecule has 1 aromatic heterocycles. The molecular weight excluding hydrogens is 263 g/mol. The number of hydrogen-bond donors (Lipinski definition) is 0. The van der Waals surface area contributed by atoms with Gasteiger partial charge in [0.05, 0.1) is 18.2 Å². The van der Waals surface area contributed by atoms with E-state index in [2.05, 4.69) is 0 Å². The van der Waals surface area contributed by atoms with Gasteiger partial charge in [-0.1, -0.05) is 0 Å². The fourth-order valence-electron chi connectivity index (χ4n) is 2.20. The number of esters is 1. The van der Waals surface area contributed by atoms with Crippen molar-refractivity contribution in [3.05, 3.63) is 35.3 Å². The van der Waals surface area contributed by atoms with E-state index in [-0.39, 0.29) is 11.6 Å². The molecule has 0 aliphatic rings. The third-order valence-corrected chi connectivity index (χ3v) is 3.13. The lowest BCUT2D eigenvalue weighted by Gasteiger charge is -2.13. The van der Waals surface area contributed by atoms with E-state index in [9.17, 15) is 14.0 Å². The van der Waals surface area contributed by atoms with Crippen LogP contribution in [-0.4, -0.2) is 42.7 Å². The molecule has 2 aromatic rings. The number of fused-ring (bicyclic) bond motifs is 1. The van der Waals surface area contributed by atoms with E-state index in [1.807, 2.05) is 0 Å². The van der Waals surface area contributed by atoms with E-state index in [0.717, 1.165) is 0 Å². The summed E-state index contributed by atoms with van der Waals surface area (Å²) in [7, 11) is 4.46. The van der Waals surface area contributed by atoms with Crippen LogP contribution >= 0.6 is 0 Å². The van der Waals surface area contributed by atoms with Gasteiger partial charge in [-0.15, -0.1) is 0 Å². The number of amides is 1. The minimum Gasteiger partial charge on any atom is -0.465 e. The van der Waals surface area contributed by atoms with Crippen molar-refractivity contribution >= 4 is 22.9 Å². The molecule has 20 heavy (non-hydrogen) atoms. The topological polar surface area (TPSA) is 51.5 Å². The fourth-order valence-corrected chi connectivity index (χ4v) is 2.20. The van der Waals surface area contributed by atoms with Gasteiger partial charge in [-0.3, -0.25) is 4.57 Å². The molecule has 0 N–H and O–H groups in total. The van der Waals surface area contributed by atoms with E-state index in [1.54, 1.807) is 21.0 Å². The number of ether oxygens (including phenoxy) is 1. The Hall–Kier alpha value is -2.37. The highest BCUT2D eigenvalue weighted by Crippen LogP contribution is 2.27. The maximum absolute atomic E-state index is 13.4. The zero-order valence-corrected chi connectivity index (χ0v) is 11.7. The Morgan fingerprint density at radius 1 is 1.30 bits per heavy atom. The van der Waals surface area contributed by atoms with Crippen LogP contribution in [0.1, 0.15) is 16.1 Å². The van der Waals surface area contributed by atoms with Crippen molar-refractivity contribution < 1.29 is 18.7 Å². The largest absolute Gasteiger partial charge is 0.465 e. The molecule has 1 heterocycles. The van der Waals surface area contributed by atoms with Gasteiger partial charge in [0.2, 0.25) is 0 Å². The molecule has 0 saturated carbocycles. The molecule has 1 amide bonds. The maximum Gasteiger partial charge on any atom is 0.340 e. The Kier molecular flexibility index (Phi) is 3.48. The second kappa shape index (κ2) is 4.96. The Balaban J connectivity index is 2.86. The summed E-state index contributed by atoms with van der Waals surface area (Å²) in [5, 5.41) is 0.365. The van der Waals surface area contributed by atoms with E-state index in [4.69, 9.17) is 4.74 Å². The second-order valence-corrected chi connectivity index (χ2v) is 4.63. The standard InChI is InChI=1S/C14H15FN2O3/c1-8-12(13(18)20-4)10-7-9(15)5-6-11(10)17(8)14(19)16(2)3/h5-7H,1-4H3. The zero-order chi connectivity index (χ0) is 15.0. The van der Waals surface area contributed by atoms with Crippen LogP contribution in [0.4, 0.5) is 9.18 Å². The first-order valence-electron chi connectivity index (χ1n) is 5.99. The summed E-state index contributed by atoms with van der Waals surface area (Å²) in [5.74, 6) is -1.07. The number of rotatable bonds is 1. The van der Waals surface area contributed by atoms with Crippen LogP contribution in [0.2, 0.25) is 0 Å². The highest BCUT2D eigenvalue weighted by Gasteiger charge is 2.24. The Labute approximate surface area is 115 Å². The molecule has 106 valence electrons. The first-order valence-corrected chi connectivity index (χ1v) is 5.99. The average Bonchev–Trinajstić information content (AvgIpc) is 2.68. The summed E-state index contributed by atoms with van der Waals surface area (Å²) < 4.78 is 19.5.